The van der Waals surface area contributed by atoms with E-state index in [9.17, 15) is 23.3 Å². The van der Waals surface area contributed by atoms with Crippen molar-refractivity contribution in [3.63, 3.8) is 0 Å². The van der Waals surface area contributed by atoms with E-state index < -0.39 is 20.9 Å². The summed E-state index contributed by atoms with van der Waals surface area (Å²) in [5, 5.41) is 13.8. The summed E-state index contributed by atoms with van der Waals surface area (Å²) in [4.78, 5) is 22.9. The van der Waals surface area contributed by atoms with Gasteiger partial charge in [0.05, 0.1) is 20.4 Å². The minimum atomic E-state index is -3.51. The van der Waals surface area contributed by atoms with Crippen LogP contribution in [0.5, 0.6) is 0 Å². The van der Waals surface area contributed by atoms with Crippen molar-refractivity contribution >= 4 is 33.2 Å². The van der Waals surface area contributed by atoms with Gasteiger partial charge in [0.1, 0.15) is 0 Å². The molecule has 154 valence electrons. The summed E-state index contributed by atoms with van der Waals surface area (Å²) in [6.07, 6.45) is 1.21. The quantitative estimate of drug-likeness (QED) is 0.551. The highest BCUT2D eigenvalue weighted by Gasteiger charge is 2.29. The highest BCUT2D eigenvalue weighted by Crippen LogP contribution is 2.24. The molecule has 1 N–H and O–H groups in total. The van der Waals surface area contributed by atoms with Gasteiger partial charge in [-0.15, -0.1) is 0 Å². The third-order valence-electron chi connectivity index (χ3n) is 4.91. The zero-order valence-electron chi connectivity index (χ0n) is 15.5. The fraction of sp³-hybridized carbons (Fsp3) is 0.316. The van der Waals surface area contributed by atoms with Gasteiger partial charge in [-0.2, -0.15) is 4.31 Å². The molecule has 2 aromatic carbocycles. The monoisotopic (exact) mass is 437 g/mol. The maximum atomic E-state index is 12.7. The molecule has 0 unspecified atom stereocenters. The van der Waals surface area contributed by atoms with Gasteiger partial charge in [-0.25, -0.2) is 8.42 Å². The highest BCUT2D eigenvalue weighted by atomic mass is 35.5. The number of nitro benzene ring substituents is 1. The van der Waals surface area contributed by atoms with Crippen LogP contribution < -0.4 is 5.32 Å². The van der Waals surface area contributed by atoms with E-state index in [0.717, 1.165) is 6.07 Å². The first-order valence-electron chi connectivity index (χ1n) is 9.06. The van der Waals surface area contributed by atoms with Gasteiger partial charge in [-0.05, 0) is 37.0 Å². The van der Waals surface area contributed by atoms with Crippen LogP contribution in [-0.2, 0) is 10.0 Å². The lowest BCUT2D eigenvalue weighted by Crippen LogP contribution is -2.41. The number of nitrogens with zero attached hydrogens (tertiary/aromatic N) is 2. The SMILES string of the molecule is O=C(NCC1CCN(S(=O)(=O)c2ccccc2)CC1)c1cc([N+](=O)[O-])ccc1Cl. The Labute approximate surface area is 173 Å². The molecule has 1 saturated heterocycles. The van der Waals surface area contributed by atoms with Crippen LogP contribution in [0.25, 0.3) is 0 Å². The van der Waals surface area contributed by atoms with Gasteiger partial charge in [0, 0.05) is 31.8 Å². The zero-order valence-corrected chi connectivity index (χ0v) is 17.0. The molecule has 2 aromatic rings. The van der Waals surface area contributed by atoms with E-state index in [1.165, 1.54) is 16.4 Å². The van der Waals surface area contributed by atoms with Crippen LogP contribution in [0, 0.1) is 16.0 Å². The first-order valence-corrected chi connectivity index (χ1v) is 10.9. The van der Waals surface area contributed by atoms with Gasteiger partial charge >= 0.3 is 0 Å². The normalized spacial score (nSPS) is 15.8. The Morgan fingerprint density at radius 1 is 1.17 bits per heavy atom. The second-order valence-electron chi connectivity index (χ2n) is 6.79. The van der Waals surface area contributed by atoms with Crippen LogP contribution in [0.4, 0.5) is 5.69 Å². The van der Waals surface area contributed by atoms with Crippen LogP contribution in [0.2, 0.25) is 5.02 Å². The van der Waals surface area contributed by atoms with Crippen molar-refractivity contribution in [3.05, 3.63) is 69.2 Å². The predicted octanol–water partition coefficient (Wildman–Crippen LogP) is 3.08. The van der Waals surface area contributed by atoms with E-state index >= 15 is 0 Å². The van der Waals surface area contributed by atoms with E-state index in [0.29, 0.717) is 32.5 Å². The zero-order chi connectivity index (χ0) is 21.0. The molecule has 29 heavy (non-hydrogen) atoms. The number of amides is 1. The lowest BCUT2D eigenvalue weighted by atomic mass is 9.98. The van der Waals surface area contributed by atoms with Gasteiger partial charge in [-0.3, -0.25) is 14.9 Å². The number of halogens is 1. The number of carbonyl (C=O) groups excluding carboxylic acids is 1. The van der Waals surface area contributed by atoms with Crippen molar-refractivity contribution in [2.24, 2.45) is 5.92 Å². The molecular formula is C19H20ClN3O5S. The Kier molecular flexibility index (Phi) is 6.51. The molecule has 8 nitrogen and oxygen atoms in total. The van der Waals surface area contributed by atoms with Crippen molar-refractivity contribution < 1.29 is 18.1 Å². The maximum Gasteiger partial charge on any atom is 0.270 e. The Morgan fingerprint density at radius 3 is 2.45 bits per heavy atom. The number of nitro groups is 1. The van der Waals surface area contributed by atoms with Gasteiger partial charge in [-0.1, -0.05) is 29.8 Å². The number of piperidine rings is 1. The topological polar surface area (TPSA) is 110 Å². The summed E-state index contributed by atoms with van der Waals surface area (Å²) in [6.45, 7) is 1.09. The number of benzene rings is 2. The molecule has 0 aliphatic carbocycles. The number of hydrogen-bond donors (Lipinski definition) is 1. The van der Waals surface area contributed by atoms with Gasteiger partial charge in [0.2, 0.25) is 10.0 Å². The van der Waals surface area contributed by atoms with Crippen molar-refractivity contribution in [3.8, 4) is 0 Å². The minimum Gasteiger partial charge on any atom is -0.352 e. The summed E-state index contributed by atoms with van der Waals surface area (Å²) in [5.41, 5.74) is -0.163. The van der Waals surface area contributed by atoms with E-state index in [-0.39, 0.29) is 27.1 Å². The molecule has 0 saturated carbocycles. The third-order valence-corrected chi connectivity index (χ3v) is 7.15. The minimum absolute atomic E-state index is 0.0463. The summed E-state index contributed by atoms with van der Waals surface area (Å²) in [5.74, 6) is -0.378. The van der Waals surface area contributed by atoms with E-state index in [1.54, 1.807) is 30.3 Å². The number of hydrogen-bond acceptors (Lipinski definition) is 5. The molecule has 0 spiro atoms. The lowest BCUT2D eigenvalue weighted by molar-refractivity contribution is -0.384. The highest BCUT2D eigenvalue weighted by molar-refractivity contribution is 7.89. The Hall–Kier alpha value is -2.49. The first kappa shape index (κ1) is 21.2. The van der Waals surface area contributed by atoms with Gasteiger partial charge < -0.3 is 5.32 Å². The molecule has 0 atom stereocenters. The molecule has 1 fully saturated rings. The van der Waals surface area contributed by atoms with Crippen molar-refractivity contribution in [2.75, 3.05) is 19.6 Å². The summed E-state index contributed by atoms with van der Waals surface area (Å²) >= 11 is 5.99. The molecule has 0 aromatic heterocycles. The number of sulfonamides is 1. The maximum absolute atomic E-state index is 12.7. The van der Waals surface area contributed by atoms with Crippen molar-refractivity contribution in [1.82, 2.24) is 9.62 Å². The Balaban J connectivity index is 1.56. The predicted molar refractivity (Wildman–Crippen MR) is 108 cm³/mol. The summed E-state index contributed by atoms with van der Waals surface area (Å²) in [7, 11) is -3.51. The van der Waals surface area contributed by atoms with E-state index in [1.807, 2.05) is 0 Å². The second kappa shape index (κ2) is 8.89. The van der Waals surface area contributed by atoms with Gasteiger partial charge in [0.15, 0.2) is 0 Å². The van der Waals surface area contributed by atoms with Crippen LogP contribution in [0.3, 0.4) is 0 Å². The molecule has 0 bridgehead atoms. The average molecular weight is 438 g/mol. The van der Waals surface area contributed by atoms with E-state index in [2.05, 4.69) is 5.32 Å². The second-order valence-corrected chi connectivity index (χ2v) is 9.14. The van der Waals surface area contributed by atoms with Crippen LogP contribution >= 0.6 is 11.6 Å². The Morgan fingerprint density at radius 2 is 1.83 bits per heavy atom. The number of rotatable bonds is 6. The molecule has 1 amide bonds. The van der Waals surface area contributed by atoms with E-state index in [4.69, 9.17) is 11.6 Å². The molecule has 1 aliphatic heterocycles. The fourth-order valence-corrected chi connectivity index (χ4v) is 4.92. The number of carbonyl (C=O) groups is 1. The fourth-order valence-electron chi connectivity index (χ4n) is 3.23. The molecule has 1 aliphatic rings. The van der Waals surface area contributed by atoms with Crippen LogP contribution in [0.1, 0.15) is 23.2 Å². The standard InChI is InChI=1S/C19H20ClN3O5S/c20-18-7-6-15(23(25)26)12-17(18)19(24)21-13-14-8-10-22(11-9-14)29(27,28)16-4-2-1-3-5-16/h1-7,12,14H,8-11,13H2,(H,21,24). The third kappa shape index (κ3) is 4.92. The molecule has 0 radical (unpaired) electrons. The van der Waals surface area contributed by atoms with Crippen molar-refractivity contribution in [2.45, 2.75) is 17.7 Å². The summed E-state index contributed by atoms with van der Waals surface area (Å²) in [6, 6.07) is 12.0. The lowest BCUT2D eigenvalue weighted by Gasteiger charge is -2.31. The number of nitrogens with one attached hydrogen (secondary N) is 1. The van der Waals surface area contributed by atoms with Gasteiger partial charge in [0.25, 0.3) is 11.6 Å². The molecule has 1 heterocycles. The smallest absolute Gasteiger partial charge is 0.270 e. The van der Waals surface area contributed by atoms with Crippen molar-refractivity contribution in [1.29, 1.82) is 0 Å². The molecule has 3 rings (SSSR count). The number of non-ortho nitro benzene ring substituents is 1. The summed E-state index contributed by atoms with van der Waals surface area (Å²) < 4.78 is 26.8. The Bertz CT molecular complexity index is 1010. The molecular weight excluding hydrogens is 418 g/mol. The van der Waals surface area contributed by atoms with Crippen LogP contribution in [0.15, 0.2) is 53.4 Å². The molecule has 10 heteroatoms. The average Bonchev–Trinajstić information content (AvgIpc) is 2.73. The largest absolute Gasteiger partial charge is 0.352 e. The first-order chi connectivity index (χ1) is 13.8. The van der Waals surface area contributed by atoms with Crippen LogP contribution in [-0.4, -0.2) is 43.2 Å².